The van der Waals surface area contributed by atoms with E-state index in [0.717, 1.165) is 40.7 Å². The average Bonchev–Trinajstić information content (AvgIpc) is 2.91. The Balaban J connectivity index is 1.82. The van der Waals surface area contributed by atoms with Crippen molar-refractivity contribution in [3.63, 3.8) is 0 Å². The first kappa shape index (κ1) is 30.2. The van der Waals surface area contributed by atoms with Crippen LogP contribution < -0.4 is 15.5 Å². The van der Waals surface area contributed by atoms with Crippen molar-refractivity contribution >= 4 is 41.8 Å². The van der Waals surface area contributed by atoms with Crippen LogP contribution in [-0.4, -0.2) is 102 Å². The number of aryl methyl sites for hydroxylation is 1. The van der Waals surface area contributed by atoms with Crippen LogP contribution >= 0.6 is 12.1 Å². The second-order valence-electron chi connectivity index (χ2n) is 9.18. The number of anilines is 3. The molecule has 3 rings (SSSR count). The fraction of sp³-hybridized carbons (Fsp3) is 0.480. The molecule has 2 amide bonds. The van der Waals surface area contributed by atoms with Crippen LogP contribution in [0.5, 0.6) is 0 Å². The highest BCUT2D eigenvalue weighted by Crippen LogP contribution is 2.29. The van der Waals surface area contributed by atoms with Gasteiger partial charge in [-0.25, -0.2) is 19.1 Å². The number of hydrogen-bond acceptors (Lipinski definition) is 12. The van der Waals surface area contributed by atoms with Crippen LogP contribution in [0.25, 0.3) is 0 Å². The Kier molecular flexibility index (Phi) is 11.4. The molecule has 0 atom stereocenters. The van der Waals surface area contributed by atoms with E-state index in [0.29, 0.717) is 62.6 Å². The van der Waals surface area contributed by atoms with Gasteiger partial charge >= 0.3 is 6.03 Å². The minimum atomic E-state index is -0.432. The minimum Gasteiger partial charge on any atom is -0.383 e. The summed E-state index contributed by atoms with van der Waals surface area (Å²) < 4.78 is 8.00. The molecule has 1 aliphatic heterocycles. The second kappa shape index (κ2) is 14.7. The maximum Gasteiger partial charge on any atom is 0.328 e. The third kappa shape index (κ3) is 8.59. The smallest absolute Gasteiger partial charge is 0.328 e. The fourth-order valence-corrected chi connectivity index (χ4v) is 4.72. The van der Waals surface area contributed by atoms with Crippen molar-refractivity contribution in [1.82, 2.24) is 23.6 Å². The predicted molar refractivity (Wildman–Crippen MR) is 150 cm³/mol. The van der Waals surface area contributed by atoms with Gasteiger partial charge in [-0.1, -0.05) is 0 Å². The standard InChI is InChI=1S/C25H35N9O4S/c1-31(2)9-10-33(39-32(3)37)16-19-12-18-6-5-8-34(24(18)29-22(19)17-35)25(36)30-23-13-21(27-7-11-38-4)20(14-26)15-28-23/h12-13,15,17,37H,5-11,16H2,1-4H3,(H2,27,28,30,36). The Bertz CT molecular complexity index is 1190. The molecule has 0 unspecified atom stereocenters. The molecule has 1 aliphatic rings. The number of nitriles is 1. The van der Waals surface area contributed by atoms with Gasteiger partial charge in [0.25, 0.3) is 0 Å². The predicted octanol–water partition coefficient (Wildman–Crippen LogP) is 2.45. The highest BCUT2D eigenvalue weighted by atomic mass is 32.2. The molecular formula is C25H35N9O4S. The zero-order valence-corrected chi connectivity index (χ0v) is 23.5. The summed E-state index contributed by atoms with van der Waals surface area (Å²) in [5.74, 6) is 0.711. The molecule has 0 saturated carbocycles. The maximum atomic E-state index is 13.3. The summed E-state index contributed by atoms with van der Waals surface area (Å²) in [6.07, 6.45) is 3.53. The van der Waals surface area contributed by atoms with E-state index in [-0.39, 0.29) is 11.5 Å². The number of aldehydes is 1. The first-order chi connectivity index (χ1) is 18.7. The number of carbonyl (C=O) groups excluding carboxylic acids is 2. The molecule has 0 bridgehead atoms. The molecule has 2 aromatic heterocycles. The number of likely N-dealkylation sites (N-methyl/N-ethyl adjacent to an activating group) is 1. The Hall–Kier alpha value is -3.32. The summed E-state index contributed by atoms with van der Waals surface area (Å²) >= 11 is 1.15. The number of nitrogens with one attached hydrogen (secondary N) is 2. The molecule has 0 radical (unpaired) electrons. The lowest BCUT2D eigenvalue weighted by molar-refractivity contribution is 0.0398. The van der Waals surface area contributed by atoms with Gasteiger partial charge in [-0.3, -0.25) is 15.0 Å². The Morgan fingerprint density at radius 3 is 2.79 bits per heavy atom. The van der Waals surface area contributed by atoms with Crippen molar-refractivity contribution < 1.29 is 19.5 Å². The highest BCUT2D eigenvalue weighted by molar-refractivity contribution is 7.94. The van der Waals surface area contributed by atoms with Crippen LogP contribution in [0.2, 0.25) is 0 Å². The normalized spacial score (nSPS) is 12.9. The molecule has 0 aromatic carbocycles. The molecule has 0 spiro atoms. The Labute approximate surface area is 233 Å². The average molecular weight is 558 g/mol. The zero-order valence-electron chi connectivity index (χ0n) is 22.7. The number of ether oxygens (including phenoxy) is 1. The van der Waals surface area contributed by atoms with Crippen LogP contribution in [0, 0.1) is 11.3 Å². The number of methoxy groups -OCH3 is 1. The summed E-state index contributed by atoms with van der Waals surface area (Å²) in [4.78, 5) is 37.6. The number of fused-ring (bicyclic) bond motifs is 1. The fourth-order valence-electron chi connectivity index (χ4n) is 4.03. The summed E-state index contributed by atoms with van der Waals surface area (Å²) in [6, 6.07) is 5.17. The topological polar surface area (TPSA) is 150 Å². The molecule has 3 heterocycles. The van der Waals surface area contributed by atoms with E-state index >= 15 is 0 Å². The van der Waals surface area contributed by atoms with Crippen molar-refractivity contribution in [3.05, 3.63) is 40.7 Å². The van der Waals surface area contributed by atoms with Crippen LogP contribution in [0.15, 0.2) is 18.3 Å². The number of pyridine rings is 2. The van der Waals surface area contributed by atoms with Crippen molar-refractivity contribution in [2.75, 3.05) is 76.6 Å². The summed E-state index contributed by atoms with van der Waals surface area (Å²) in [6.45, 7) is 3.16. The van der Waals surface area contributed by atoms with Crippen molar-refractivity contribution in [3.8, 4) is 6.07 Å². The van der Waals surface area contributed by atoms with Gasteiger partial charge in [0, 0.05) is 71.3 Å². The number of amides is 2. The van der Waals surface area contributed by atoms with Crippen LogP contribution in [0.4, 0.5) is 22.1 Å². The number of nitrogens with zero attached hydrogens (tertiary/aromatic N) is 7. The number of carbonyl (C=O) groups is 2. The minimum absolute atomic E-state index is 0.241. The van der Waals surface area contributed by atoms with Gasteiger partial charge in [0.05, 0.1) is 17.9 Å². The molecular weight excluding hydrogens is 522 g/mol. The Morgan fingerprint density at radius 2 is 2.13 bits per heavy atom. The summed E-state index contributed by atoms with van der Waals surface area (Å²) in [5, 5.41) is 25.0. The SMILES string of the molecule is COCCNc1cc(NC(=O)N2CCCc3cc(CN(CCN(C)C)SN(C)O)c(C=O)nc32)ncc1C#N. The number of rotatable bonds is 13. The lowest BCUT2D eigenvalue weighted by Crippen LogP contribution is -2.40. The molecule has 0 aliphatic carbocycles. The third-order valence-electron chi connectivity index (χ3n) is 5.89. The van der Waals surface area contributed by atoms with E-state index in [1.54, 1.807) is 13.2 Å². The van der Waals surface area contributed by atoms with Crippen LogP contribution in [0.3, 0.4) is 0 Å². The number of aromatic nitrogens is 2. The molecule has 0 saturated heterocycles. The first-order valence-corrected chi connectivity index (χ1v) is 13.2. The monoisotopic (exact) mass is 557 g/mol. The van der Waals surface area contributed by atoms with E-state index in [2.05, 4.69) is 26.7 Å². The molecule has 2 aromatic rings. The van der Waals surface area contributed by atoms with Gasteiger partial charge in [-0.05, 0) is 44.1 Å². The van der Waals surface area contributed by atoms with Crippen molar-refractivity contribution in [2.45, 2.75) is 19.4 Å². The summed E-state index contributed by atoms with van der Waals surface area (Å²) in [5.41, 5.74) is 2.71. The molecule has 0 fully saturated rings. The lowest BCUT2D eigenvalue weighted by Gasteiger charge is -2.30. The van der Waals surface area contributed by atoms with Gasteiger partial charge in [0.15, 0.2) is 6.29 Å². The lowest BCUT2D eigenvalue weighted by atomic mass is 10.0. The molecule has 13 nitrogen and oxygen atoms in total. The number of hydrogen-bond donors (Lipinski definition) is 3. The van der Waals surface area contributed by atoms with Gasteiger partial charge < -0.3 is 20.2 Å². The van der Waals surface area contributed by atoms with E-state index in [9.17, 15) is 20.1 Å². The van der Waals surface area contributed by atoms with Crippen molar-refractivity contribution in [1.29, 1.82) is 5.26 Å². The highest BCUT2D eigenvalue weighted by Gasteiger charge is 2.27. The molecule has 14 heteroatoms. The second-order valence-corrected chi connectivity index (χ2v) is 10.4. The van der Waals surface area contributed by atoms with Gasteiger partial charge in [-0.15, -0.1) is 4.47 Å². The number of urea groups is 1. The van der Waals surface area contributed by atoms with Gasteiger partial charge in [0.1, 0.15) is 23.4 Å². The quantitative estimate of drug-likeness (QED) is 0.144. The largest absolute Gasteiger partial charge is 0.383 e. The maximum absolute atomic E-state index is 13.3. The van der Waals surface area contributed by atoms with E-state index in [1.165, 1.54) is 18.1 Å². The molecule has 39 heavy (non-hydrogen) atoms. The molecule has 210 valence electrons. The Morgan fingerprint density at radius 1 is 1.33 bits per heavy atom. The van der Waals surface area contributed by atoms with E-state index in [4.69, 9.17) is 4.74 Å². The summed E-state index contributed by atoms with van der Waals surface area (Å²) in [7, 11) is 7.06. The van der Waals surface area contributed by atoms with E-state index in [1.807, 2.05) is 29.4 Å². The van der Waals surface area contributed by atoms with Gasteiger partial charge in [0.2, 0.25) is 0 Å². The van der Waals surface area contributed by atoms with E-state index < -0.39 is 6.03 Å². The first-order valence-electron chi connectivity index (χ1n) is 12.5. The molecule has 3 N–H and O–H groups in total. The number of hydroxylamine groups is 1. The zero-order chi connectivity index (χ0) is 28.4. The van der Waals surface area contributed by atoms with Crippen LogP contribution in [-0.2, 0) is 17.7 Å². The van der Waals surface area contributed by atoms with Crippen LogP contribution in [0.1, 0.15) is 33.6 Å². The third-order valence-corrected chi connectivity index (χ3v) is 6.67. The van der Waals surface area contributed by atoms with Gasteiger partial charge in [-0.2, -0.15) is 5.26 Å². The van der Waals surface area contributed by atoms with Crippen molar-refractivity contribution in [2.24, 2.45) is 0 Å².